The molecule has 0 bridgehead atoms. The van der Waals surface area contributed by atoms with Crippen LogP contribution in [0, 0.1) is 6.92 Å². The minimum Gasteiger partial charge on any atom is -0.444 e. The highest BCUT2D eigenvalue weighted by Crippen LogP contribution is 2.48. The highest BCUT2D eigenvalue weighted by atomic mass is 16.6. The first-order valence-corrected chi connectivity index (χ1v) is 13.8. The van der Waals surface area contributed by atoms with Crippen LogP contribution in [-0.2, 0) is 4.74 Å². The van der Waals surface area contributed by atoms with E-state index < -0.39 is 5.60 Å². The van der Waals surface area contributed by atoms with Gasteiger partial charge in [0.2, 0.25) is 0 Å². The third-order valence-corrected chi connectivity index (χ3v) is 7.42. The molecule has 4 aromatic heterocycles. The number of carbonyl (C=O) groups excluding carboxylic acids is 1. The van der Waals surface area contributed by atoms with Crippen molar-refractivity contribution in [2.75, 3.05) is 18.8 Å². The molecule has 12 nitrogen and oxygen atoms in total. The van der Waals surface area contributed by atoms with Gasteiger partial charge >= 0.3 is 6.09 Å². The van der Waals surface area contributed by atoms with Crippen LogP contribution in [0.4, 0.5) is 10.6 Å². The third kappa shape index (κ3) is 4.65. The van der Waals surface area contributed by atoms with Crippen LogP contribution in [-0.4, -0.2) is 64.6 Å². The second-order valence-corrected chi connectivity index (χ2v) is 12.0. The lowest BCUT2D eigenvalue weighted by molar-refractivity contribution is 0.0292. The molecule has 1 aliphatic carbocycles. The van der Waals surface area contributed by atoms with Crippen LogP contribution in [0.3, 0.4) is 0 Å². The Kier molecular flexibility index (Phi) is 6.23. The summed E-state index contributed by atoms with van der Waals surface area (Å²) in [4.78, 5) is 32.8. The van der Waals surface area contributed by atoms with E-state index in [1.165, 1.54) is 6.33 Å². The van der Waals surface area contributed by atoms with Crippen molar-refractivity contribution >= 4 is 22.9 Å². The molecule has 1 amide bonds. The Hall–Kier alpha value is -4.09. The molecule has 2 fully saturated rings. The summed E-state index contributed by atoms with van der Waals surface area (Å²) < 4.78 is 13.3. The van der Waals surface area contributed by atoms with Gasteiger partial charge in [-0.2, -0.15) is 5.10 Å². The molecule has 1 saturated carbocycles. The Labute approximate surface area is 232 Å². The Balaban J connectivity index is 1.38. The number of nitrogens with zero attached hydrogens (tertiary/aromatic N) is 8. The molecule has 2 aliphatic rings. The topological polar surface area (TPSA) is 151 Å². The highest BCUT2D eigenvalue weighted by Gasteiger charge is 2.37. The maximum absolute atomic E-state index is 12.6. The van der Waals surface area contributed by atoms with E-state index in [1.807, 2.05) is 52.4 Å². The Morgan fingerprint density at radius 3 is 2.58 bits per heavy atom. The van der Waals surface area contributed by atoms with Gasteiger partial charge in [0.25, 0.3) is 0 Å². The summed E-state index contributed by atoms with van der Waals surface area (Å²) in [6, 6.07) is 0.0493. The van der Waals surface area contributed by atoms with Crippen LogP contribution in [0.25, 0.3) is 33.8 Å². The van der Waals surface area contributed by atoms with Crippen LogP contribution in [0.5, 0.6) is 0 Å². The van der Waals surface area contributed by atoms with E-state index in [9.17, 15) is 4.79 Å². The van der Waals surface area contributed by atoms with Gasteiger partial charge in [0, 0.05) is 42.9 Å². The van der Waals surface area contributed by atoms with Crippen LogP contribution in [0.15, 0.2) is 17.0 Å². The molecule has 0 unspecified atom stereocenters. The number of rotatable bonds is 5. The summed E-state index contributed by atoms with van der Waals surface area (Å²) >= 11 is 0. The number of anilines is 1. The van der Waals surface area contributed by atoms with E-state index >= 15 is 0 Å². The fourth-order valence-electron chi connectivity index (χ4n) is 5.33. The Morgan fingerprint density at radius 2 is 1.90 bits per heavy atom. The lowest BCUT2D eigenvalue weighted by Gasteiger charge is -2.24. The van der Waals surface area contributed by atoms with Crippen molar-refractivity contribution in [2.45, 2.75) is 84.3 Å². The zero-order chi connectivity index (χ0) is 28.3. The van der Waals surface area contributed by atoms with E-state index in [0.717, 1.165) is 41.8 Å². The molecule has 1 saturated heterocycles. The number of amides is 1. The van der Waals surface area contributed by atoms with Gasteiger partial charge in [-0.1, -0.05) is 5.16 Å². The molecule has 210 valence electrons. The molecule has 2 N–H and O–H groups in total. The number of aromatic nitrogens is 7. The molecule has 4 aromatic rings. The molecule has 5 heterocycles. The zero-order valence-electron chi connectivity index (χ0n) is 23.8. The number of fused-ring (bicyclic) bond motifs is 1. The van der Waals surface area contributed by atoms with Crippen molar-refractivity contribution in [3.8, 4) is 22.8 Å². The van der Waals surface area contributed by atoms with Crippen LogP contribution < -0.4 is 5.73 Å². The number of hydrogen-bond acceptors (Lipinski definition) is 10. The average molecular weight is 546 g/mol. The van der Waals surface area contributed by atoms with Crippen molar-refractivity contribution in [1.82, 2.24) is 39.8 Å². The second kappa shape index (κ2) is 9.53. The van der Waals surface area contributed by atoms with Crippen LogP contribution in [0.1, 0.15) is 88.8 Å². The van der Waals surface area contributed by atoms with E-state index in [2.05, 4.69) is 15.1 Å². The van der Waals surface area contributed by atoms with Crippen LogP contribution >= 0.6 is 0 Å². The number of nitrogen functional groups attached to an aromatic ring is 1. The third-order valence-electron chi connectivity index (χ3n) is 7.42. The van der Waals surface area contributed by atoms with Gasteiger partial charge in [-0.25, -0.2) is 29.4 Å². The molecular formula is C28H35N9O3. The Morgan fingerprint density at radius 1 is 1.12 bits per heavy atom. The predicted molar refractivity (Wildman–Crippen MR) is 149 cm³/mol. The van der Waals surface area contributed by atoms with E-state index in [0.29, 0.717) is 47.2 Å². The molecule has 1 aliphatic heterocycles. The first kappa shape index (κ1) is 26.1. The molecule has 0 aromatic carbocycles. The number of hydrogen-bond donors (Lipinski definition) is 1. The van der Waals surface area contributed by atoms with Gasteiger partial charge in [0.15, 0.2) is 17.2 Å². The number of nitrogens with two attached hydrogens (primary N) is 1. The largest absolute Gasteiger partial charge is 0.444 e. The molecule has 0 spiro atoms. The molecule has 1 atom stereocenters. The molecule has 0 radical (unpaired) electrons. The van der Waals surface area contributed by atoms with Crippen molar-refractivity contribution in [1.29, 1.82) is 0 Å². The van der Waals surface area contributed by atoms with Crippen molar-refractivity contribution in [3.05, 3.63) is 29.5 Å². The minimum atomic E-state index is -0.529. The lowest BCUT2D eigenvalue weighted by atomic mass is 9.98. The van der Waals surface area contributed by atoms with Crippen molar-refractivity contribution in [3.63, 3.8) is 0 Å². The standard InChI is InChI=1S/C28H35N9O3/c1-14(2)37-26-20(24(29)31-13-32-26)21(34-37)22-19(23(40-35-22)16-7-8-16)25-30-11-18(15(3)33-25)17-9-10-36(12-17)27(38)39-28(4,5)6/h11,13-14,16-17H,7-10,12H2,1-6H3,(H2,29,31,32)/t17-/m1/s1. The summed E-state index contributed by atoms with van der Waals surface area (Å²) in [5.74, 6) is 2.03. The summed E-state index contributed by atoms with van der Waals surface area (Å²) in [5, 5.41) is 9.97. The van der Waals surface area contributed by atoms with Gasteiger partial charge in [-0.15, -0.1) is 0 Å². The summed E-state index contributed by atoms with van der Waals surface area (Å²) in [6.07, 6.45) is 5.90. The summed E-state index contributed by atoms with van der Waals surface area (Å²) in [5.41, 5.74) is 10.1. The number of likely N-dealkylation sites (tertiary alicyclic amines) is 1. The van der Waals surface area contributed by atoms with Gasteiger partial charge in [-0.05, 0) is 66.4 Å². The van der Waals surface area contributed by atoms with E-state index in [4.69, 9.17) is 30.1 Å². The minimum absolute atomic E-state index is 0.0493. The number of ether oxygens (including phenoxy) is 1. The average Bonchev–Trinajstić information content (AvgIpc) is 3.28. The smallest absolute Gasteiger partial charge is 0.410 e. The molecule has 6 rings (SSSR count). The SMILES string of the molecule is Cc1nc(-c2c(-c3nn(C(C)C)c4ncnc(N)c34)noc2C2CC2)ncc1[C@@H]1CCN(C(=O)OC(C)(C)C)C1. The maximum Gasteiger partial charge on any atom is 0.410 e. The normalized spacial score (nSPS) is 17.8. The first-order chi connectivity index (χ1) is 19.0. The fraction of sp³-hybridized carbons (Fsp3) is 0.536. The Bertz CT molecular complexity index is 1600. The van der Waals surface area contributed by atoms with Gasteiger partial charge in [0.1, 0.15) is 29.1 Å². The van der Waals surface area contributed by atoms with Crippen molar-refractivity contribution in [2.24, 2.45) is 0 Å². The molecule has 12 heteroatoms. The fourth-order valence-corrected chi connectivity index (χ4v) is 5.33. The highest BCUT2D eigenvalue weighted by molar-refractivity contribution is 6.00. The summed E-state index contributed by atoms with van der Waals surface area (Å²) in [6.45, 7) is 12.9. The second-order valence-electron chi connectivity index (χ2n) is 12.0. The van der Waals surface area contributed by atoms with Crippen molar-refractivity contribution < 1.29 is 14.1 Å². The summed E-state index contributed by atoms with van der Waals surface area (Å²) in [7, 11) is 0. The quantitative estimate of drug-likeness (QED) is 0.362. The van der Waals surface area contributed by atoms with Gasteiger partial charge in [-0.3, -0.25) is 0 Å². The molecular weight excluding hydrogens is 510 g/mol. The number of aryl methyl sites for hydroxylation is 1. The zero-order valence-corrected chi connectivity index (χ0v) is 23.8. The predicted octanol–water partition coefficient (Wildman–Crippen LogP) is 5.01. The maximum atomic E-state index is 12.6. The van der Waals surface area contributed by atoms with Gasteiger partial charge < -0.3 is 19.9 Å². The first-order valence-electron chi connectivity index (χ1n) is 13.8. The van der Waals surface area contributed by atoms with Gasteiger partial charge in [0.05, 0.1) is 10.9 Å². The monoisotopic (exact) mass is 545 g/mol. The number of carbonyl (C=O) groups is 1. The molecule has 40 heavy (non-hydrogen) atoms. The van der Waals surface area contributed by atoms with E-state index in [-0.39, 0.29) is 24.0 Å². The van der Waals surface area contributed by atoms with Crippen LogP contribution in [0.2, 0.25) is 0 Å². The lowest BCUT2D eigenvalue weighted by Crippen LogP contribution is -2.35. The van der Waals surface area contributed by atoms with E-state index in [1.54, 1.807) is 4.90 Å².